The van der Waals surface area contributed by atoms with E-state index in [9.17, 15) is 0 Å². The van der Waals surface area contributed by atoms with Gasteiger partial charge in [-0.2, -0.15) is 4.37 Å². The molecule has 1 aromatic heterocycles. The van der Waals surface area contributed by atoms with Gasteiger partial charge in [-0.15, -0.1) is 0 Å². The number of hydrogen-bond acceptors (Lipinski definition) is 6. The minimum Gasteiger partial charge on any atom is -0.394 e. The lowest BCUT2D eigenvalue weighted by Crippen LogP contribution is -2.44. The SMILES string of the molecule is CC(C)(C)c1nsc(N2CCOC(CO)C2)n1. The highest BCUT2D eigenvalue weighted by molar-refractivity contribution is 7.09. The average Bonchev–Trinajstić information content (AvgIpc) is 2.78. The van der Waals surface area contributed by atoms with Gasteiger partial charge in [-0.1, -0.05) is 20.8 Å². The van der Waals surface area contributed by atoms with Crippen molar-refractivity contribution < 1.29 is 9.84 Å². The molecule has 1 aliphatic heterocycles. The van der Waals surface area contributed by atoms with Crippen molar-refractivity contribution in [2.75, 3.05) is 31.2 Å². The van der Waals surface area contributed by atoms with Crippen LogP contribution in [-0.4, -0.2) is 46.9 Å². The van der Waals surface area contributed by atoms with Crippen LogP contribution in [0.15, 0.2) is 0 Å². The maximum Gasteiger partial charge on any atom is 0.205 e. The number of hydrogen-bond donors (Lipinski definition) is 1. The molecule has 6 heteroatoms. The molecule has 0 amide bonds. The number of morpholine rings is 1. The summed E-state index contributed by atoms with van der Waals surface area (Å²) in [6, 6.07) is 0. The van der Waals surface area contributed by atoms with E-state index in [1.165, 1.54) is 11.5 Å². The molecule has 96 valence electrons. The standard InChI is InChI=1S/C11H19N3O2S/c1-11(2,3)9-12-10(17-13-9)14-4-5-16-8(6-14)7-15/h8,15H,4-7H2,1-3H3. The van der Waals surface area contributed by atoms with Crippen molar-refractivity contribution in [3.8, 4) is 0 Å². The molecule has 1 aromatic rings. The van der Waals surface area contributed by atoms with Gasteiger partial charge in [0.1, 0.15) is 5.82 Å². The van der Waals surface area contributed by atoms with Crippen molar-refractivity contribution in [3.05, 3.63) is 5.82 Å². The van der Waals surface area contributed by atoms with Gasteiger partial charge in [0.2, 0.25) is 5.13 Å². The third-order valence-corrected chi connectivity index (χ3v) is 3.48. The number of nitrogens with zero attached hydrogens (tertiary/aromatic N) is 3. The monoisotopic (exact) mass is 257 g/mol. The smallest absolute Gasteiger partial charge is 0.205 e. The van der Waals surface area contributed by atoms with Crippen LogP contribution in [0.5, 0.6) is 0 Å². The molecule has 0 aromatic carbocycles. The Morgan fingerprint density at radius 1 is 1.53 bits per heavy atom. The molecule has 17 heavy (non-hydrogen) atoms. The minimum absolute atomic E-state index is 0.0165. The van der Waals surface area contributed by atoms with E-state index in [0.717, 1.165) is 17.5 Å². The van der Waals surface area contributed by atoms with Crippen LogP contribution in [0.2, 0.25) is 0 Å². The lowest BCUT2D eigenvalue weighted by atomic mass is 9.96. The number of aromatic nitrogens is 2. The van der Waals surface area contributed by atoms with Crippen molar-refractivity contribution in [2.45, 2.75) is 32.3 Å². The number of anilines is 1. The van der Waals surface area contributed by atoms with E-state index in [2.05, 4.69) is 35.0 Å². The molecule has 0 spiro atoms. The fourth-order valence-electron chi connectivity index (χ4n) is 1.65. The van der Waals surface area contributed by atoms with Crippen LogP contribution in [0.4, 0.5) is 5.13 Å². The molecule has 1 aliphatic rings. The molecule has 0 saturated carbocycles. The topological polar surface area (TPSA) is 58.5 Å². The Morgan fingerprint density at radius 2 is 2.29 bits per heavy atom. The summed E-state index contributed by atoms with van der Waals surface area (Å²) in [5, 5.41) is 10.0. The third kappa shape index (κ3) is 2.94. The summed E-state index contributed by atoms with van der Waals surface area (Å²) in [4.78, 5) is 6.71. The molecular formula is C11H19N3O2S. The number of aliphatic hydroxyl groups is 1. The van der Waals surface area contributed by atoms with Crippen LogP contribution in [-0.2, 0) is 10.2 Å². The third-order valence-electron chi connectivity index (χ3n) is 2.70. The van der Waals surface area contributed by atoms with E-state index < -0.39 is 0 Å². The summed E-state index contributed by atoms with van der Waals surface area (Å²) < 4.78 is 9.82. The number of ether oxygens (including phenoxy) is 1. The highest BCUT2D eigenvalue weighted by Gasteiger charge is 2.25. The zero-order valence-corrected chi connectivity index (χ0v) is 11.3. The van der Waals surface area contributed by atoms with Crippen LogP contribution < -0.4 is 4.90 Å². The molecule has 0 aliphatic carbocycles. The van der Waals surface area contributed by atoms with E-state index in [0.29, 0.717) is 13.2 Å². The fraction of sp³-hybridized carbons (Fsp3) is 0.818. The highest BCUT2D eigenvalue weighted by Crippen LogP contribution is 2.26. The molecule has 0 bridgehead atoms. The lowest BCUT2D eigenvalue weighted by Gasteiger charge is -2.31. The largest absolute Gasteiger partial charge is 0.394 e. The molecular weight excluding hydrogens is 238 g/mol. The van der Waals surface area contributed by atoms with Gasteiger partial charge in [0.05, 0.1) is 19.3 Å². The predicted octanol–water partition coefficient (Wildman–Crippen LogP) is 1.03. The summed E-state index contributed by atoms with van der Waals surface area (Å²) >= 11 is 1.42. The molecule has 5 nitrogen and oxygen atoms in total. The van der Waals surface area contributed by atoms with Crippen molar-refractivity contribution in [3.63, 3.8) is 0 Å². The second-order valence-electron chi connectivity index (χ2n) is 5.27. The van der Waals surface area contributed by atoms with Crippen LogP contribution in [0.3, 0.4) is 0 Å². The molecule has 1 N–H and O–H groups in total. The molecule has 1 unspecified atom stereocenters. The maximum atomic E-state index is 9.11. The molecule has 1 fully saturated rings. The van der Waals surface area contributed by atoms with Gasteiger partial charge in [-0.3, -0.25) is 0 Å². The van der Waals surface area contributed by atoms with Gasteiger partial charge in [0.15, 0.2) is 0 Å². The molecule has 1 saturated heterocycles. The molecule has 2 heterocycles. The van der Waals surface area contributed by atoms with E-state index in [-0.39, 0.29) is 18.1 Å². The van der Waals surface area contributed by atoms with Crippen LogP contribution >= 0.6 is 11.5 Å². The van der Waals surface area contributed by atoms with Crippen molar-refractivity contribution >= 4 is 16.7 Å². The van der Waals surface area contributed by atoms with Crippen molar-refractivity contribution in [1.29, 1.82) is 0 Å². The Balaban J connectivity index is 2.09. The van der Waals surface area contributed by atoms with Gasteiger partial charge in [-0.05, 0) is 0 Å². The first-order valence-corrected chi connectivity index (χ1v) is 6.59. The Hall–Kier alpha value is -0.720. The zero-order valence-electron chi connectivity index (χ0n) is 10.5. The Bertz CT molecular complexity index is 375. The first-order valence-electron chi connectivity index (χ1n) is 5.82. The number of aliphatic hydroxyl groups excluding tert-OH is 1. The van der Waals surface area contributed by atoms with Gasteiger partial charge in [-0.25, -0.2) is 4.98 Å². The van der Waals surface area contributed by atoms with Crippen molar-refractivity contribution in [2.24, 2.45) is 0 Å². The first kappa shape index (κ1) is 12.7. The van der Waals surface area contributed by atoms with Gasteiger partial charge in [0, 0.05) is 30.0 Å². The van der Waals surface area contributed by atoms with E-state index >= 15 is 0 Å². The second kappa shape index (κ2) is 4.88. The minimum atomic E-state index is -0.106. The van der Waals surface area contributed by atoms with Gasteiger partial charge in [0.25, 0.3) is 0 Å². The predicted molar refractivity (Wildman–Crippen MR) is 67.6 cm³/mol. The highest BCUT2D eigenvalue weighted by atomic mass is 32.1. The van der Waals surface area contributed by atoms with Crippen LogP contribution in [0.1, 0.15) is 26.6 Å². The van der Waals surface area contributed by atoms with E-state index in [1.807, 2.05) is 0 Å². The average molecular weight is 257 g/mol. The first-order chi connectivity index (χ1) is 8.00. The van der Waals surface area contributed by atoms with Gasteiger partial charge < -0.3 is 14.7 Å². The quantitative estimate of drug-likeness (QED) is 0.857. The summed E-state index contributed by atoms with van der Waals surface area (Å²) in [6.07, 6.45) is -0.106. The Labute approximate surface area is 106 Å². The van der Waals surface area contributed by atoms with Crippen LogP contribution in [0.25, 0.3) is 0 Å². The van der Waals surface area contributed by atoms with Crippen LogP contribution in [0, 0.1) is 0 Å². The molecule has 0 radical (unpaired) electrons. The van der Waals surface area contributed by atoms with Gasteiger partial charge >= 0.3 is 0 Å². The molecule has 2 rings (SSSR count). The molecule has 1 atom stereocenters. The summed E-state index contributed by atoms with van der Waals surface area (Å²) in [5.41, 5.74) is -0.0165. The zero-order chi connectivity index (χ0) is 12.5. The summed E-state index contributed by atoms with van der Waals surface area (Å²) in [7, 11) is 0. The maximum absolute atomic E-state index is 9.11. The van der Waals surface area contributed by atoms with E-state index in [4.69, 9.17) is 9.84 Å². The Kier molecular flexibility index (Phi) is 3.65. The normalized spacial score (nSPS) is 21.9. The second-order valence-corrected chi connectivity index (χ2v) is 6.00. The summed E-state index contributed by atoms with van der Waals surface area (Å²) in [6.45, 7) is 8.51. The van der Waals surface area contributed by atoms with E-state index in [1.54, 1.807) is 0 Å². The summed E-state index contributed by atoms with van der Waals surface area (Å²) in [5.74, 6) is 0.879. The number of rotatable bonds is 2. The fourth-order valence-corrected chi connectivity index (χ4v) is 2.54. The van der Waals surface area contributed by atoms with Crippen molar-refractivity contribution in [1.82, 2.24) is 9.36 Å². The lowest BCUT2D eigenvalue weighted by molar-refractivity contribution is 0.00355. The Morgan fingerprint density at radius 3 is 2.88 bits per heavy atom.